The molecule has 1 heterocycles. The molecule has 0 spiro atoms. The molecule has 2 aliphatic rings. The highest BCUT2D eigenvalue weighted by atomic mass is 16.5. The second-order valence-corrected chi connectivity index (χ2v) is 6.48. The molecule has 0 bridgehead atoms. The Bertz CT molecular complexity index is 288. The van der Waals surface area contributed by atoms with E-state index in [1.807, 2.05) is 0 Å². The van der Waals surface area contributed by atoms with Gasteiger partial charge in [-0.05, 0) is 40.5 Å². The lowest BCUT2D eigenvalue weighted by Gasteiger charge is -2.57. The Morgan fingerprint density at radius 1 is 1.39 bits per heavy atom. The predicted molar refractivity (Wildman–Crippen MR) is 72.6 cm³/mol. The van der Waals surface area contributed by atoms with Crippen LogP contribution >= 0.6 is 0 Å². The first kappa shape index (κ1) is 14.3. The first-order valence-corrected chi connectivity index (χ1v) is 7.15. The largest absolute Gasteiger partial charge is 0.378 e. The van der Waals surface area contributed by atoms with E-state index in [4.69, 9.17) is 15.2 Å². The number of nitrogens with zero attached hydrogens (tertiary/aromatic N) is 1. The molecule has 2 rings (SSSR count). The van der Waals surface area contributed by atoms with Crippen LogP contribution in [0.25, 0.3) is 0 Å². The number of hydrogen-bond acceptors (Lipinski definition) is 4. The highest BCUT2D eigenvalue weighted by Crippen LogP contribution is 2.41. The molecule has 0 aromatic carbocycles. The van der Waals surface area contributed by atoms with E-state index in [0.29, 0.717) is 6.10 Å². The Labute approximate surface area is 111 Å². The zero-order valence-electron chi connectivity index (χ0n) is 12.2. The van der Waals surface area contributed by atoms with E-state index in [1.165, 1.54) is 0 Å². The fraction of sp³-hybridized carbons (Fsp3) is 1.00. The topological polar surface area (TPSA) is 47.7 Å². The first-order valence-electron chi connectivity index (χ1n) is 7.15. The van der Waals surface area contributed by atoms with Crippen LogP contribution in [0, 0.1) is 0 Å². The fourth-order valence-corrected chi connectivity index (χ4v) is 3.51. The Morgan fingerprint density at radius 3 is 2.56 bits per heavy atom. The summed E-state index contributed by atoms with van der Waals surface area (Å²) in [5.41, 5.74) is 6.13. The number of nitrogens with two attached hydrogens (primary N) is 1. The molecular formula is C14H28N2O2. The van der Waals surface area contributed by atoms with Gasteiger partial charge in [0.15, 0.2) is 0 Å². The minimum Gasteiger partial charge on any atom is -0.378 e. The minimum absolute atomic E-state index is 0.0729. The van der Waals surface area contributed by atoms with Crippen molar-refractivity contribution in [3.05, 3.63) is 0 Å². The summed E-state index contributed by atoms with van der Waals surface area (Å²) in [7, 11) is 0. The Hall–Kier alpha value is -0.160. The van der Waals surface area contributed by atoms with Crippen LogP contribution in [0.15, 0.2) is 0 Å². The maximum Gasteiger partial charge on any atom is 0.0757 e. The van der Waals surface area contributed by atoms with E-state index >= 15 is 0 Å². The normalized spacial score (nSPS) is 40.5. The van der Waals surface area contributed by atoms with Gasteiger partial charge in [0.2, 0.25) is 0 Å². The SMILES string of the molecule is CCOC1CC(CN)(N2CC(C)OC(C)(C)C2)C1. The molecule has 4 heteroatoms. The summed E-state index contributed by atoms with van der Waals surface area (Å²) in [5, 5.41) is 0. The molecule has 18 heavy (non-hydrogen) atoms. The summed E-state index contributed by atoms with van der Waals surface area (Å²) in [4.78, 5) is 2.54. The van der Waals surface area contributed by atoms with E-state index in [1.54, 1.807) is 0 Å². The Kier molecular flexibility index (Phi) is 4.02. The van der Waals surface area contributed by atoms with Gasteiger partial charge >= 0.3 is 0 Å². The van der Waals surface area contributed by atoms with Crippen molar-refractivity contribution in [2.24, 2.45) is 5.73 Å². The molecule has 2 N–H and O–H groups in total. The van der Waals surface area contributed by atoms with E-state index in [9.17, 15) is 0 Å². The summed E-state index contributed by atoms with van der Waals surface area (Å²) in [6.45, 7) is 12.0. The lowest BCUT2D eigenvalue weighted by atomic mass is 9.72. The van der Waals surface area contributed by atoms with Crippen molar-refractivity contribution in [1.29, 1.82) is 0 Å². The average molecular weight is 256 g/mol. The predicted octanol–water partition coefficient (Wildman–Crippen LogP) is 1.38. The number of rotatable bonds is 4. The lowest BCUT2D eigenvalue weighted by Crippen LogP contribution is -2.69. The number of hydrogen-bond donors (Lipinski definition) is 1. The highest BCUT2D eigenvalue weighted by Gasteiger charge is 2.51. The zero-order valence-corrected chi connectivity index (χ0v) is 12.2. The second kappa shape index (κ2) is 5.08. The molecule has 0 aromatic rings. The van der Waals surface area contributed by atoms with Gasteiger partial charge in [0.25, 0.3) is 0 Å². The van der Waals surface area contributed by atoms with Crippen molar-refractivity contribution in [1.82, 2.24) is 4.90 Å². The van der Waals surface area contributed by atoms with Gasteiger partial charge in [0.1, 0.15) is 0 Å². The van der Waals surface area contributed by atoms with Crippen LogP contribution in [0.4, 0.5) is 0 Å². The highest BCUT2D eigenvalue weighted by molar-refractivity contribution is 5.06. The lowest BCUT2D eigenvalue weighted by molar-refractivity contribution is -0.185. The third kappa shape index (κ3) is 2.72. The molecule has 106 valence electrons. The quantitative estimate of drug-likeness (QED) is 0.825. The van der Waals surface area contributed by atoms with Gasteiger partial charge in [0, 0.05) is 31.8 Å². The van der Waals surface area contributed by atoms with Crippen molar-refractivity contribution in [3.63, 3.8) is 0 Å². The van der Waals surface area contributed by atoms with Gasteiger partial charge in [0.05, 0.1) is 17.8 Å². The summed E-state index contributed by atoms with van der Waals surface area (Å²) >= 11 is 0. The van der Waals surface area contributed by atoms with Crippen LogP contribution in [0.2, 0.25) is 0 Å². The molecule has 4 nitrogen and oxygen atoms in total. The molecular weight excluding hydrogens is 228 g/mol. The molecule has 1 saturated carbocycles. The summed E-state index contributed by atoms with van der Waals surface area (Å²) in [5.74, 6) is 0. The molecule has 1 aliphatic carbocycles. The Morgan fingerprint density at radius 2 is 2.06 bits per heavy atom. The average Bonchev–Trinajstić information content (AvgIpc) is 2.19. The van der Waals surface area contributed by atoms with Gasteiger partial charge in [-0.15, -0.1) is 0 Å². The number of morpholine rings is 1. The maximum absolute atomic E-state index is 6.05. The molecule has 2 fully saturated rings. The maximum atomic E-state index is 6.05. The van der Waals surface area contributed by atoms with Crippen LogP contribution in [-0.4, -0.2) is 54.5 Å². The van der Waals surface area contributed by atoms with Crippen LogP contribution < -0.4 is 5.73 Å². The van der Waals surface area contributed by atoms with Crippen molar-refractivity contribution < 1.29 is 9.47 Å². The Balaban J connectivity index is 2.01. The van der Waals surface area contributed by atoms with Crippen LogP contribution in [0.5, 0.6) is 0 Å². The van der Waals surface area contributed by atoms with Gasteiger partial charge in [-0.25, -0.2) is 0 Å². The van der Waals surface area contributed by atoms with Crippen molar-refractivity contribution in [2.45, 2.75) is 63.9 Å². The number of ether oxygens (including phenoxy) is 2. The van der Waals surface area contributed by atoms with Crippen molar-refractivity contribution >= 4 is 0 Å². The molecule has 1 aliphatic heterocycles. The minimum atomic E-state index is -0.0729. The van der Waals surface area contributed by atoms with E-state index in [-0.39, 0.29) is 17.2 Å². The van der Waals surface area contributed by atoms with Gasteiger partial charge in [-0.3, -0.25) is 4.90 Å². The van der Waals surface area contributed by atoms with Gasteiger partial charge in [-0.1, -0.05) is 0 Å². The van der Waals surface area contributed by atoms with Crippen molar-refractivity contribution in [2.75, 3.05) is 26.2 Å². The first-order chi connectivity index (χ1) is 8.41. The van der Waals surface area contributed by atoms with Crippen LogP contribution in [0.1, 0.15) is 40.5 Å². The summed E-state index contributed by atoms with van der Waals surface area (Å²) < 4.78 is 11.7. The monoisotopic (exact) mass is 256 g/mol. The third-order valence-corrected chi connectivity index (χ3v) is 4.24. The van der Waals surface area contributed by atoms with Gasteiger partial charge < -0.3 is 15.2 Å². The van der Waals surface area contributed by atoms with Gasteiger partial charge in [-0.2, -0.15) is 0 Å². The smallest absolute Gasteiger partial charge is 0.0757 e. The molecule has 0 amide bonds. The second-order valence-electron chi connectivity index (χ2n) is 6.48. The van der Waals surface area contributed by atoms with Crippen molar-refractivity contribution in [3.8, 4) is 0 Å². The third-order valence-electron chi connectivity index (χ3n) is 4.24. The van der Waals surface area contributed by atoms with Crippen LogP contribution in [0.3, 0.4) is 0 Å². The fourth-order valence-electron chi connectivity index (χ4n) is 3.51. The van der Waals surface area contributed by atoms with E-state index < -0.39 is 0 Å². The summed E-state index contributed by atoms with van der Waals surface area (Å²) in [6, 6.07) is 0. The zero-order chi connectivity index (χ0) is 13.4. The van der Waals surface area contributed by atoms with Crippen LogP contribution in [-0.2, 0) is 9.47 Å². The van der Waals surface area contributed by atoms with E-state index in [0.717, 1.165) is 39.1 Å². The standard InChI is InChI=1S/C14H28N2O2/c1-5-17-12-6-14(7-12,9-15)16-8-11(2)18-13(3,4)10-16/h11-12H,5-10,15H2,1-4H3. The summed E-state index contributed by atoms with van der Waals surface area (Å²) in [6.07, 6.45) is 2.82. The molecule has 0 radical (unpaired) electrons. The molecule has 1 atom stereocenters. The molecule has 1 saturated heterocycles. The molecule has 1 unspecified atom stereocenters. The van der Waals surface area contributed by atoms with E-state index in [2.05, 4.69) is 32.6 Å². The molecule has 0 aromatic heterocycles.